The van der Waals surface area contributed by atoms with Crippen molar-refractivity contribution in [3.05, 3.63) is 66.7 Å². The molecular weight excluding hydrogens is 394 g/mol. The summed E-state index contributed by atoms with van der Waals surface area (Å²) >= 11 is 0. The Labute approximate surface area is 168 Å². The molecule has 0 spiro atoms. The van der Waals surface area contributed by atoms with Crippen molar-refractivity contribution >= 4 is 27.3 Å². The lowest BCUT2D eigenvalue weighted by atomic mass is 10.2. The molecule has 2 aromatic carbocycles. The van der Waals surface area contributed by atoms with E-state index in [9.17, 15) is 13.2 Å². The number of hydrogen-bond acceptors (Lipinski definition) is 6. The molecule has 0 saturated heterocycles. The van der Waals surface area contributed by atoms with Crippen molar-refractivity contribution in [2.75, 3.05) is 22.4 Å². The topological polar surface area (TPSA) is 106 Å². The summed E-state index contributed by atoms with van der Waals surface area (Å²) in [5, 5.41) is 6.87. The SMILES string of the molecule is CS(=O)(=O)N1C[C@@H](C(=O)Nc2cccc(Cn3cncn3)c2)Oc2ccccc21. The second-order valence-electron chi connectivity index (χ2n) is 6.65. The molecule has 1 aliphatic heterocycles. The van der Waals surface area contributed by atoms with Gasteiger partial charge in [-0.3, -0.25) is 9.10 Å². The number of hydrogen-bond donors (Lipinski definition) is 1. The van der Waals surface area contributed by atoms with E-state index in [4.69, 9.17) is 4.74 Å². The molecule has 1 atom stereocenters. The maximum Gasteiger partial charge on any atom is 0.267 e. The maximum atomic E-state index is 12.8. The van der Waals surface area contributed by atoms with Crippen LogP contribution in [0.25, 0.3) is 0 Å². The quantitative estimate of drug-likeness (QED) is 0.679. The second-order valence-corrected chi connectivity index (χ2v) is 8.56. The van der Waals surface area contributed by atoms with E-state index in [1.807, 2.05) is 18.2 Å². The number of amides is 1. The highest BCUT2D eigenvalue weighted by Crippen LogP contribution is 2.34. The molecule has 1 N–H and O–H groups in total. The predicted molar refractivity (Wildman–Crippen MR) is 107 cm³/mol. The minimum absolute atomic E-state index is 0.0969. The highest BCUT2D eigenvalue weighted by atomic mass is 32.2. The smallest absolute Gasteiger partial charge is 0.267 e. The Morgan fingerprint density at radius 3 is 2.83 bits per heavy atom. The van der Waals surface area contributed by atoms with E-state index in [1.165, 1.54) is 10.6 Å². The van der Waals surface area contributed by atoms with Gasteiger partial charge in [0.1, 0.15) is 18.4 Å². The fraction of sp³-hybridized carbons (Fsp3) is 0.211. The van der Waals surface area contributed by atoms with Crippen LogP contribution in [0.3, 0.4) is 0 Å². The Bertz CT molecular complexity index is 1130. The average molecular weight is 413 g/mol. The molecule has 0 saturated carbocycles. The summed E-state index contributed by atoms with van der Waals surface area (Å²) in [4.78, 5) is 16.7. The Morgan fingerprint density at radius 2 is 2.07 bits per heavy atom. The van der Waals surface area contributed by atoms with E-state index in [-0.39, 0.29) is 6.54 Å². The van der Waals surface area contributed by atoms with Crippen LogP contribution in [-0.4, -0.2) is 48.0 Å². The van der Waals surface area contributed by atoms with E-state index in [0.29, 0.717) is 23.7 Å². The molecule has 9 nitrogen and oxygen atoms in total. The molecule has 0 unspecified atom stereocenters. The summed E-state index contributed by atoms with van der Waals surface area (Å²) < 4.78 is 33.0. The zero-order chi connectivity index (χ0) is 20.4. The van der Waals surface area contributed by atoms with Gasteiger partial charge in [0.2, 0.25) is 10.0 Å². The first kappa shape index (κ1) is 18.9. The number of aromatic nitrogens is 3. The number of carbonyl (C=O) groups excluding carboxylic acids is 1. The predicted octanol–water partition coefficient (Wildman–Crippen LogP) is 1.49. The number of anilines is 2. The molecule has 0 radical (unpaired) electrons. The minimum Gasteiger partial charge on any atom is -0.476 e. The standard InChI is InChI=1S/C19H19N5O4S/c1-29(26,27)24-11-18(28-17-8-3-2-7-16(17)24)19(25)22-15-6-4-5-14(9-15)10-23-13-20-12-21-23/h2-9,12-13,18H,10-11H2,1H3,(H,22,25)/t18-/m0/s1. The molecular formula is C19H19N5O4S. The fourth-order valence-corrected chi connectivity index (χ4v) is 4.04. The summed E-state index contributed by atoms with van der Waals surface area (Å²) in [6, 6.07) is 14.1. The lowest BCUT2D eigenvalue weighted by molar-refractivity contribution is -0.122. The average Bonchev–Trinajstić information content (AvgIpc) is 3.19. The van der Waals surface area contributed by atoms with Crippen molar-refractivity contribution < 1.29 is 17.9 Å². The monoisotopic (exact) mass is 413 g/mol. The molecule has 4 rings (SSSR count). The number of rotatable bonds is 5. The number of sulfonamides is 1. The number of carbonyl (C=O) groups is 1. The van der Waals surface area contributed by atoms with Crippen molar-refractivity contribution in [1.82, 2.24) is 14.8 Å². The van der Waals surface area contributed by atoms with E-state index in [1.54, 1.807) is 41.3 Å². The van der Waals surface area contributed by atoms with Crippen molar-refractivity contribution in [3.63, 3.8) is 0 Å². The van der Waals surface area contributed by atoms with Crippen LogP contribution in [0.5, 0.6) is 5.75 Å². The van der Waals surface area contributed by atoms with Crippen LogP contribution in [0.2, 0.25) is 0 Å². The minimum atomic E-state index is -3.56. The molecule has 10 heteroatoms. The van der Waals surface area contributed by atoms with Crippen LogP contribution in [-0.2, 0) is 21.4 Å². The van der Waals surface area contributed by atoms with Crippen molar-refractivity contribution in [1.29, 1.82) is 0 Å². The van der Waals surface area contributed by atoms with Crippen LogP contribution >= 0.6 is 0 Å². The number of para-hydroxylation sites is 2. The van der Waals surface area contributed by atoms with Crippen LogP contribution in [0.4, 0.5) is 11.4 Å². The lowest BCUT2D eigenvalue weighted by Gasteiger charge is -2.33. The number of ether oxygens (including phenoxy) is 1. The Hall–Kier alpha value is -3.40. The van der Waals surface area contributed by atoms with Crippen molar-refractivity contribution in [2.45, 2.75) is 12.6 Å². The van der Waals surface area contributed by atoms with Gasteiger partial charge in [-0.05, 0) is 29.8 Å². The van der Waals surface area contributed by atoms with Crippen molar-refractivity contribution in [3.8, 4) is 5.75 Å². The van der Waals surface area contributed by atoms with Gasteiger partial charge in [-0.15, -0.1) is 0 Å². The van der Waals surface area contributed by atoms with Gasteiger partial charge in [-0.1, -0.05) is 24.3 Å². The van der Waals surface area contributed by atoms with E-state index >= 15 is 0 Å². The van der Waals surface area contributed by atoms with Crippen LogP contribution in [0.1, 0.15) is 5.56 Å². The summed E-state index contributed by atoms with van der Waals surface area (Å²) in [6.07, 6.45) is 3.20. The summed E-state index contributed by atoms with van der Waals surface area (Å²) in [5.74, 6) is -0.0738. The molecule has 3 aromatic rings. The highest BCUT2D eigenvalue weighted by molar-refractivity contribution is 7.92. The number of benzene rings is 2. The largest absolute Gasteiger partial charge is 0.476 e. The first-order valence-electron chi connectivity index (χ1n) is 8.86. The Morgan fingerprint density at radius 1 is 1.24 bits per heavy atom. The molecule has 2 heterocycles. The van der Waals surface area contributed by atoms with Gasteiger partial charge in [0, 0.05) is 5.69 Å². The maximum absolute atomic E-state index is 12.8. The van der Waals surface area contributed by atoms with Crippen LogP contribution in [0, 0.1) is 0 Å². The summed E-state index contributed by atoms with van der Waals surface area (Å²) in [6.45, 7) is 0.416. The van der Waals surface area contributed by atoms with Gasteiger partial charge in [0.05, 0.1) is 25.0 Å². The normalized spacial score (nSPS) is 16.0. The van der Waals surface area contributed by atoms with Crippen LogP contribution < -0.4 is 14.4 Å². The van der Waals surface area contributed by atoms with Gasteiger partial charge in [0.25, 0.3) is 5.91 Å². The third-order valence-corrected chi connectivity index (χ3v) is 5.58. The Balaban J connectivity index is 1.52. The Kier molecular flexibility index (Phi) is 4.93. The third kappa shape index (κ3) is 4.21. The highest BCUT2D eigenvalue weighted by Gasteiger charge is 2.34. The molecule has 1 amide bonds. The van der Waals surface area contributed by atoms with E-state index in [2.05, 4.69) is 15.4 Å². The molecule has 0 fully saturated rings. The second kappa shape index (κ2) is 7.55. The number of nitrogens with one attached hydrogen (secondary N) is 1. The summed E-state index contributed by atoms with van der Waals surface area (Å²) in [5.41, 5.74) is 1.94. The summed E-state index contributed by atoms with van der Waals surface area (Å²) in [7, 11) is -3.56. The van der Waals surface area contributed by atoms with Gasteiger partial charge < -0.3 is 10.1 Å². The van der Waals surface area contributed by atoms with Crippen LogP contribution in [0.15, 0.2) is 61.2 Å². The van der Waals surface area contributed by atoms with E-state index < -0.39 is 22.0 Å². The first-order chi connectivity index (χ1) is 13.9. The zero-order valence-electron chi connectivity index (χ0n) is 15.6. The van der Waals surface area contributed by atoms with Gasteiger partial charge >= 0.3 is 0 Å². The molecule has 1 aromatic heterocycles. The molecule has 150 valence electrons. The number of fused-ring (bicyclic) bond motifs is 1. The fourth-order valence-electron chi connectivity index (χ4n) is 3.12. The molecule has 1 aliphatic rings. The number of nitrogens with zero attached hydrogens (tertiary/aromatic N) is 4. The van der Waals surface area contributed by atoms with Crippen molar-refractivity contribution in [2.24, 2.45) is 0 Å². The van der Waals surface area contributed by atoms with Gasteiger partial charge in [0.15, 0.2) is 6.10 Å². The molecule has 0 bridgehead atoms. The first-order valence-corrected chi connectivity index (χ1v) is 10.7. The lowest BCUT2D eigenvalue weighted by Crippen LogP contribution is -2.48. The van der Waals surface area contributed by atoms with E-state index in [0.717, 1.165) is 11.8 Å². The molecule has 29 heavy (non-hydrogen) atoms. The molecule has 0 aliphatic carbocycles. The van der Waals surface area contributed by atoms with Gasteiger partial charge in [-0.25, -0.2) is 18.1 Å². The third-order valence-electron chi connectivity index (χ3n) is 4.43. The zero-order valence-corrected chi connectivity index (χ0v) is 16.4. The van der Waals surface area contributed by atoms with Gasteiger partial charge in [-0.2, -0.15) is 5.10 Å².